The van der Waals surface area contributed by atoms with Gasteiger partial charge in [-0.15, -0.1) is 0 Å². The van der Waals surface area contributed by atoms with Crippen LogP contribution in [0, 0.1) is 6.92 Å². The summed E-state index contributed by atoms with van der Waals surface area (Å²) in [7, 11) is 0. The first-order chi connectivity index (χ1) is 9.15. The molecular formula is C14H19N3OS. The van der Waals surface area contributed by atoms with Gasteiger partial charge in [0, 0.05) is 12.2 Å². The number of anilines is 1. The van der Waals surface area contributed by atoms with Crippen LogP contribution in [-0.2, 0) is 11.3 Å². The van der Waals surface area contributed by atoms with E-state index in [1.807, 2.05) is 31.4 Å². The number of nitrogens with zero attached hydrogens (tertiary/aromatic N) is 2. The van der Waals surface area contributed by atoms with Crippen molar-refractivity contribution >= 4 is 34.4 Å². The van der Waals surface area contributed by atoms with Crippen LogP contribution >= 0.6 is 11.8 Å². The molecule has 0 aliphatic carbocycles. The Balaban J connectivity index is 2.29. The van der Waals surface area contributed by atoms with Crippen LogP contribution in [0.25, 0.3) is 11.0 Å². The van der Waals surface area contributed by atoms with Crippen molar-refractivity contribution in [1.82, 2.24) is 9.55 Å². The van der Waals surface area contributed by atoms with Gasteiger partial charge in [0.05, 0.1) is 16.8 Å². The van der Waals surface area contributed by atoms with E-state index in [1.165, 1.54) is 11.8 Å². The second kappa shape index (κ2) is 6.10. The van der Waals surface area contributed by atoms with Gasteiger partial charge in [-0.25, -0.2) is 4.98 Å². The zero-order valence-electron chi connectivity index (χ0n) is 11.6. The van der Waals surface area contributed by atoms with E-state index in [0.717, 1.165) is 35.5 Å². The molecule has 1 aromatic carbocycles. The van der Waals surface area contributed by atoms with E-state index in [2.05, 4.69) is 21.8 Å². The van der Waals surface area contributed by atoms with Crippen molar-refractivity contribution in [2.75, 3.05) is 17.3 Å². The maximum absolute atomic E-state index is 11.6. The number of carbonyl (C=O) groups excluding carboxylic acids is 1. The molecule has 1 aromatic heterocycles. The number of benzene rings is 1. The van der Waals surface area contributed by atoms with Crippen molar-refractivity contribution < 1.29 is 4.79 Å². The Morgan fingerprint density at radius 2 is 2.26 bits per heavy atom. The highest BCUT2D eigenvalue weighted by molar-refractivity contribution is 7.99. The molecule has 0 spiro atoms. The van der Waals surface area contributed by atoms with Gasteiger partial charge in [0.1, 0.15) is 5.82 Å². The molecule has 0 bridgehead atoms. The molecule has 0 saturated heterocycles. The normalized spacial score (nSPS) is 10.9. The number of aromatic nitrogens is 2. The average molecular weight is 277 g/mol. The fourth-order valence-electron chi connectivity index (χ4n) is 2.16. The molecular weight excluding hydrogens is 258 g/mol. The third-order valence-corrected chi connectivity index (χ3v) is 3.50. The molecule has 102 valence electrons. The Bertz CT molecular complexity index is 592. The van der Waals surface area contributed by atoms with Crippen LogP contribution in [0.3, 0.4) is 0 Å². The van der Waals surface area contributed by atoms with Crippen LogP contribution in [0.1, 0.15) is 19.2 Å². The van der Waals surface area contributed by atoms with Crippen molar-refractivity contribution in [1.29, 1.82) is 0 Å². The van der Waals surface area contributed by atoms with Crippen LogP contribution < -0.4 is 5.32 Å². The molecule has 0 aliphatic heterocycles. The van der Waals surface area contributed by atoms with Gasteiger partial charge in [-0.05, 0) is 37.8 Å². The van der Waals surface area contributed by atoms with E-state index in [4.69, 9.17) is 0 Å². The lowest BCUT2D eigenvalue weighted by Gasteiger charge is -2.06. The first-order valence-electron chi connectivity index (χ1n) is 6.41. The van der Waals surface area contributed by atoms with E-state index in [1.54, 1.807) is 0 Å². The fourth-order valence-corrected chi connectivity index (χ4v) is 2.50. The van der Waals surface area contributed by atoms with Gasteiger partial charge < -0.3 is 9.88 Å². The Labute approximate surface area is 117 Å². The van der Waals surface area contributed by atoms with Gasteiger partial charge in [0.15, 0.2) is 0 Å². The van der Waals surface area contributed by atoms with Gasteiger partial charge in [0.25, 0.3) is 0 Å². The fraction of sp³-hybridized carbons (Fsp3) is 0.429. The monoisotopic (exact) mass is 277 g/mol. The van der Waals surface area contributed by atoms with E-state index in [-0.39, 0.29) is 5.91 Å². The summed E-state index contributed by atoms with van der Waals surface area (Å²) in [6, 6.07) is 5.90. The Morgan fingerprint density at radius 3 is 2.95 bits per heavy atom. The molecule has 0 aliphatic rings. The minimum Gasteiger partial charge on any atom is -0.328 e. The minimum absolute atomic E-state index is 0.0246. The number of amides is 1. The highest BCUT2D eigenvalue weighted by atomic mass is 32.2. The number of nitrogens with one attached hydrogen (secondary N) is 1. The van der Waals surface area contributed by atoms with Gasteiger partial charge in [-0.3, -0.25) is 4.79 Å². The standard InChI is InChI=1S/C14H19N3OS/c1-4-7-17-10(2)15-12-8-11(5-6-13(12)17)16-14(18)9-19-3/h5-6,8H,4,7,9H2,1-3H3,(H,16,18). The lowest BCUT2D eigenvalue weighted by molar-refractivity contribution is -0.113. The number of hydrogen-bond donors (Lipinski definition) is 1. The van der Waals surface area contributed by atoms with E-state index in [0.29, 0.717) is 5.75 Å². The van der Waals surface area contributed by atoms with Crippen LogP contribution in [0.5, 0.6) is 0 Å². The van der Waals surface area contributed by atoms with Gasteiger partial charge >= 0.3 is 0 Å². The second-order valence-corrected chi connectivity index (χ2v) is 5.36. The van der Waals surface area contributed by atoms with Crippen molar-refractivity contribution in [3.8, 4) is 0 Å². The number of hydrogen-bond acceptors (Lipinski definition) is 3. The molecule has 1 heterocycles. The van der Waals surface area contributed by atoms with Crippen LogP contribution in [0.2, 0.25) is 0 Å². The predicted molar refractivity (Wildman–Crippen MR) is 81.8 cm³/mol. The predicted octanol–water partition coefficient (Wildman–Crippen LogP) is 3.06. The van der Waals surface area contributed by atoms with Crippen molar-refractivity contribution in [2.45, 2.75) is 26.8 Å². The summed E-state index contributed by atoms with van der Waals surface area (Å²) in [4.78, 5) is 16.1. The topological polar surface area (TPSA) is 46.9 Å². The smallest absolute Gasteiger partial charge is 0.234 e. The molecule has 1 amide bonds. The summed E-state index contributed by atoms with van der Waals surface area (Å²) in [6.07, 6.45) is 3.00. The molecule has 1 N–H and O–H groups in total. The zero-order valence-corrected chi connectivity index (χ0v) is 12.4. The Hall–Kier alpha value is -1.49. The summed E-state index contributed by atoms with van der Waals surface area (Å²) in [5.74, 6) is 1.52. The molecule has 0 radical (unpaired) electrons. The summed E-state index contributed by atoms with van der Waals surface area (Å²) in [6.45, 7) is 5.14. The first-order valence-corrected chi connectivity index (χ1v) is 7.80. The molecule has 0 atom stereocenters. The average Bonchev–Trinajstić information content (AvgIpc) is 2.66. The third-order valence-electron chi connectivity index (χ3n) is 2.95. The quantitative estimate of drug-likeness (QED) is 0.913. The SMILES string of the molecule is CCCn1c(C)nc2cc(NC(=O)CSC)ccc21. The lowest BCUT2D eigenvalue weighted by Crippen LogP contribution is -2.13. The lowest BCUT2D eigenvalue weighted by atomic mass is 10.2. The Kier molecular flexibility index (Phi) is 4.47. The van der Waals surface area contributed by atoms with Crippen molar-refractivity contribution in [3.05, 3.63) is 24.0 Å². The van der Waals surface area contributed by atoms with Gasteiger partial charge in [0.2, 0.25) is 5.91 Å². The molecule has 0 saturated carbocycles. The van der Waals surface area contributed by atoms with Crippen molar-refractivity contribution in [2.24, 2.45) is 0 Å². The number of fused-ring (bicyclic) bond motifs is 1. The number of carbonyl (C=O) groups is 1. The maximum atomic E-state index is 11.6. The van der Waals surface area contributed by atoms with Gasteiger partial charge in [-0.1, -0.05) is 6.92 Å². The number of thioether (sulfide) groups is 1. The van der Waals surface area contributed by atoms with Crippen molar-refractivity contribution in [3.63, 3.8) is 0 Å². The minimum atomic E-state index is 0.0246. The molecule has 0 unspecified atom stereocenters. The maximum Gasteiger partial charge on any atom is 0.234 e. The highest BCUT2D eigenvalue weighted by Gasteiger charge is 2.08. The largest absolute Gasteiger partial charge is 0.328 e. The van der Waals surface area contributed by atoms with E-state index >= 15 is 0 Å². The molecule has 2 aromatic rings. The molecule has 0 fully saturated rings. The number of imidazole rings is 1. The van der Waals surface area contributed by atoms with Gasteiger partial charge in [-0.2, -0.15) is 11.8 Å². The summed E-state index contributed by atoms with van der Waals surface area (Å²) in [5, 5.41) is 2.89. The third kappa shape index (κ3) is 3.10. The number of rotatable bonds is 5. The first kappa shape index (κ1) is 13.9. The highest BCUT2D eigenvalue weighted by Crippen LogP contribution is 2.20. The summed E-state index contributed by atoms with van der Waals surface area (Å²) < 4.78 is 2.21. The summed E-state index contributed by atoms with van der Waals surface area (Å²) >= 11 is 1.51. The molecule has 2 rings (SSSR count). The van der Waals surface area contributed by atoms with Crippen LogP contribution in [0.15, 0.2) is 18.2 Å². The zero-order chi connectivity index (χ0) is 13.8. The van der Waals surface area contributed by atoms with E-state index < -0.39 is 0 Å². The Morgan fingerprint density at radius 1 is 1.47 bits per heavy atom. The number of aryl methyl sites for hydroxylation is 2. The van der Waals surface area contributed by atoms with E-state index in [9.17, 15) is 4.79 Å². The van der Waals surface area contributed by atoms with Crippen LogP contribution in [0.4, 0.5) is 5.69 Å². The van der Waals surface area contributed by atoms with Crippen LogP contribution in [-0.4, -0.2) is 27.5 Å². The molecule has 4 nitrogen and oxygen atoms in total. The summed E-state index contributed by atoms with van der Waals surface area (Å²) in [5.41, 5.74) is 2.88. The molecule has 5 heteroatoms. The second-order valence-electron chi connectivity index (χ2n) is 4.50. The molecule has 19 heavy (non-hydrogen) atoms.